The molecule has 3 aromatic carbocycles. The molecule has 3 aromatic rings. The third-order valence-corrected chi connectivity index (χ3v) is 6.90. The van der Waals surface area contributed by atoms with E-state index in [-0.39, 0.29) is 18.1 Å². The van der Waals surface area contributed by atoms with Gasteiger partial charge in [0.25, 0.3) is 0 Å². The van der Waals surface area contributed by atoms with E-state index in [1.165, 1.54) is 0 Å². The van der Waals surface area contributed by atoms with E-state index in [1.54, 1.807) is 31.2 Å². The number of rotatable bonds is 4. The van der Waals surface area contributed by atoms with E-state index in [1.807, 2.05) is 41.3 Å². The van der Waals surface area contributed by atoms with Crippen LogP contribution in [0.25, 0.3) is 11.1 Å². The Bertz CT molecular complexity index is 1130. The lowest BCUT2D eigenvalue weighted by molar-refractivity contribution is -0.118. The first-order valence-electron chi connectivity index (χ1n) is 9.29. The minimum absolute atomic E-state index is 0.00643. The molecule has 0 aliphatic carbocycles. The van der Waals surface area contributed by atoms with Gasteiger partial charge in [-0.25, -0.2) is 8.42 Å². The van der Waals surface area contributed by atoms with Gasteiger partial charge in [-0.3, -0.25) is 4.79 Å². The number of nitrogens with zero attached hydrogens (tertiary/aromatic N) is 1. The van der Waals surface area contributed by atoms with E-state index in [0.29, 0.717) is 11.4 Å². The fraction of sp³-hybridized carbons (Fsp3) is 0.174. The molecule has 28 heavy (non-hydrogen) atoms. The first-order chi connectivity index (χ1) is 13.5. The second kappa shape index (κ2) is 7.24. The van der Waals surface area contributed by atoms with E-state index < -0.39 is 9.84 Å². The fourth-order valence-electron chi connectivity index (χ4n) is 3.59. The van der Waals surface area contributed by atoms with Crippen LogP contribution in [0.5, 0.6) is 0 Å². The lowest BCUT2D eigenvalue weighted by Crippen LogP contribution is -2.34. The van der Waals surface area contributed by atoms with Crippen molar-refractivity contribution in [3.8, 4) is 11.1 Å². The smallest absolute Gasteiger partial charge is 0.231 e. The maximum absolute atomic E-state index is 13.1. The van der Waals surface area contributed by atoms with Gasteiger partial charge in [-0.2, -0.15) is 0 Å². The Labute approximate surface area is 165 Å². The lowest BCUT2D eigenvalue weighted by Gasteiger charge is -2.31. The van der Waals surface area contributed by atoms with E-state index in [9.17, 15) is 13.2 Å². The van der Waals surface area contributed by atoms with Gasteiger partial charge in [0.1, 0.15) is 0 Å². The van der Waals surface area contributed by atoms with E-state index in [4.69, 9.17) is 0 Å². The molecule has 0 aromatic heterocycles. The van der Waals surface area contributed by atoms with Crippen LogP contribution in [0.15, 0.2) is 77.7 Å². The average Bonchev–Trinajstić information content (AvgIpc) is 2.73. The van der Waals surface area contributed by atoms with Crippen LogP contribution in [0.1, 0.15) is 18.1 Å². The molecule has 0 atom stereocenters. The minimum Gasteiger partial charge on any atom is -0.307 e. The number of hydrogen-bond donors (Lipinski definition) is 0. The van der Waals surface area contributed by atoms with Crippen LogP contribution >= 0.6 is 0 Å². The first kappa shape index (κ1) is 18.4. The molecule has 0 spiro atoms. The highest BCUT2D eigenvalue weighted by Gasteiger charge is 2.25. The van der Waals surface area contributed by atoms with E-state index >= 15 is 0 Å². The zero-order chi connectivity index (χ0) is 19.7. The average molecular weight is 391 g/mol. The Morgan fingerprint density at radius 1 is 0.893 bits per heavy atom. The van der Waals surface area contributed by atoms with Crippen molar-refractivity contribution in [2.75, 3.05) is 10.7 Å². The van der Waals surface area contributed by atoms with Gasteiger partial charge < -0.3 is 4.90 Å². The Balaban J connectivity index is 1.61. The molecule has 1 aliphatic rings. The van der Waals surface area contributed by atoms with Crippen LogP contribution in [0.2, 0.25) is 0 Å². The molecule has 1 aliphatic heterocycles. The number of sulfone groups is 1. The van der Waals surface area contributed by atoms with Crippen LogP contribution in [0, 0.1) is 0 Å². The number of anilines is 1. The quantitative estimate of drug-likeness (QED) is 0.669. The molecule has 4 rings (SSSR count). The molecule has 0 bridgehead atoms. The number of para-hydroxylation sites is 1. The van der Waals surface area contributed by atoms with Crippen LogP contribution in [-0.2, 0) is 27.6 Å². The summed E-state index contributed by atoms with van der Waals surface area (Å²) >= 11 is 0. The van der Waals surface area contributed by atoms with Crippen LogP contribution in [0.3, 0.4) is 0 Å². The van der Waals surface area contributed by atoms with E-state index in [0.717, 1.165) is 27.9 Å². The summed E-state index contributed by atoms with van der Waals surface area (Å²) in [7, 11) is -3.23. The van der Waals surface area contributed by atoms with Gasteiger partial charge in [0.15, 0.2) is 9.84 Å². The number of hydrogen-bond acceptors (Lipinski definition) is 3. The largest absolute Gasteiger partial charge is 0.307 e. The molecule has 0 fully saturated rings. The zero-order valence-electron chi connectivity index (χ0n) is 15.6. The molecule has 0 saturated carbocycles. The summed E-state index contributed by atoms with van der Waals surface area (Å²) in [6.45, 7) is 2.16. The van der Waals surface area contributed by atoms with Crippen molar-refractivity contribution in [1.82, 2.24) is 0 Å². The Morgan fingerprint density at radius 2 is 1.54 bits per heavy atom. The summed E-state index contributed by atoms with van der Waals surface area (Å²) in [4.78, 5) is 15.2. The maximum atomic E-state index is 13.1. The van der Waals surface area contributed by atoms with Crippen molar-refractivity contribution in [2.45, 2.75) is 24.8 Å². The molecular weight excluding hydrogens is 370 g/mol. The minimum atomic E-state index is -3.23. The number of carbonyl (C=O) groups is 1. The monoisotopic (exact) mass is 391 g/mol. The molecule has 1 heterocycles. The van der Waals surface area contributed by atoms with Crippen molar-refractivity contribution >= 4 is 21.4 Å². The van der Waals surface area contributed by atoms with Crippen LogP contribution in [-0.4, -0.2) is 20.1 Å². The number of amides is 1. The SMILES string of the molecule is CCS(=O)(=O)c1ccc(CC(=O)N2Cc3ccccc3-c3ccccc32)cc1. The van der Waals surface area contributed by atoms with Gasteiger partial charge in [-0.05, 0) is 34.9 Å². The lowest BCUT2D eigenvalue weighted by atomic mass is 9.93. The highest BCUT2D eigenvalue weighted by Crippen LogP contribution is 2.39. The predicted molar refractivity (Wildman–Crippen MR) is 111 cm³/mol. The van der Waals surface area contributed by atoms with Crippen molar-refractivity contribution in [3.63, 3.8) is 0 Å². The Morgan fingerprint density at radius 3 is 2.25 bits per heavy atom. The Kier molecular flexibility index (Phi) is 4.77. The normalized spacial score (nSPS) is 13.0. The van der Waals surface area contributed by atoms with Crippen molar-refractivity contribution in [2.24, 2.45) is 0 Å². The summed E-state index contributed by atoms with van der Waals surface area (Å²) in [5.74, 6) is 0.0583. The molecule has 5 heteroatoms. The standard InChI is InChI=1S/C23H21NO3S/c1-2-28(26,27)19-13-11-17(12-14-19)15-23(25)24-16-18-7-3-4-8-20(18)21-9-5-6-10-22(21)24/h3-14H,2,15-16H2,1H3. The first-order valence-corrected chi connectivity index (χ1v) is 10.9. The summed E-state index contributed by atoms with van der Waals surface area (Å²) < 4.78 is 23.9. The number of benzene rings is 3. The molecule has 0 saturated heterocycles. The van der Waals surface area contributed by atoms with Gasteiger partial charge in [-0.15, -0.1) is 0 Å². The molecule has 142 valence electrons. The van der Waals surface area contributed by atoms with Crippen LogP contribution < -0.4 is 4.90 Å². The summed E-state index contributed by atoms with van der Waals surface area (Å²) in [6.07, 6.45) is 0.225. The van der Waals surface area contributed by atoms with Crippen molar-refractivity contribution in [1.29, 1.82) is 0 Å². The summed E-state index contributed by atoms with van der Waals surface area (Å²) in [5.41, 5.74) is 5.06. The second-order valence-electron chi connectivity index (χ2n) is 6.88. The Hall–Kier alpha value is -2.92. The predicted octanol–water partition coefficient (Wildman–Crippen LogP) is 4.24. The van der Waals surface area contributed by atoms with Gasteiger partial charge in [0.05, 0.1) is 29.3 Å². The third kappa shape index (κ3) is 3.34. The molecule has 0 N–H and O–H groups in total. The van der Waals surface area contributed by atoms with Crippen molar-refractivity contribution < 1.29 is 13.2 Å². The van der Waals surface area contributed by atoms with Gasteiger partial charge in [-0.1, -0.05) is 61.5 Å². The number of carbonyl (C=O) groups excluding carboxylic acids is 1. The fourth-order valence-corrected chi connectivity index (χ4v) is 4.47. The molecule has 0 radical (unpaired) electrons. The van der Waals surface area contributed by atoms with Crippen LogP contribution in [0.4, 0.5) is 5.69 Å². The third-order valence-electron chi connectivity index (χ3n) is 5.15. The highest BCUT2D eigenvalue weighted by molar-refractivity contribution is 7.91. The summed E-state index contributed by atoms with van der Waals surface area (Å²) in [5, 5.41) is 0. The molecule has 0 unspecified atom stereocenters. The van der Waals surface area contributed by atoms with Gasteiger partial charge >= 0.3 is 0 Å². The van der Waals surface area contributed by atoms with Gasteiger partial charge in [0.2, 0.25) is 5.91 Å². The molecule has 4 nitrogen and oxygen atoms in total. The zero-order valence-corrected chi connectivity index (χ0v) is 16.4. The van der Waals surface area contributed by atoms with Gasteiger partial charge in [0, 0.05) is 5.56 Å². The number of fused-ring (bicyclic) bond motifs is 3. The van der Waals surface area contributed by atoms with Crippen molar-refractivity contribution in [3.05, 3.63) is 83.9 Å². The second-order valence-corrected chi connectivity index (χ2v) is 9.16. The highest BCUT2D eigenvalue weighted by atomic mass is 32.2. The summed E-state index contributed by atoms with van der Waals surface area (Å²) in [6, 6.07) is 22.7. The molecular formula is C23H21NO3S. The maximum Gasteiger partial charge on any atom is 0.231 e. The topological polar surface area (TPSA) is 54.5 Å². The van der Waals surface area contributed by atoms with E-state index in [2.05, 4.69) is 12.1 Å². The molecule has 1 amide bonds.